The maximum Gasteiger partial charge on any atom is 0.0308 e. The Morgan fingerprint density at radius 2 is 1.76 bits per heavy atom. The molecule has 2 heteroatoms. The van der Waals surface area contributed by atoms with Crippen molar-refractivity contribution in [2.75, 3.05) is 19.6 Å². The van der Waals surface area contributed by atoms with Crippen LogP contribution in [0.3, 0.4) is 0 Å². The highest BCUT2D eigenvalue weighted by Gasteiger charge is 2.34. The molecular formula is C19H30N2. The summed E-state index contributed by atoms with van der Waals surface area (Å²) in [7, 11) is 0. The third kappa shape index (κ3) is 3.49. The van der Waals surface area contributed by atoms with E-state index in [1.54, 1.807) is 5.56 Å². The first-order chi connectivity index (χ1) is 10.2. The van der Waals surface area contributed by atoms with Crippen LogP contribution in [-0.2, 0) is 6.54 Å². The standard InChI is InChI=1S/C19H30N2/c1-16-8-6-9-17(2)18(16)14-21-13-7-12-20-19(15-21)10-4-3-5-11-19/h6,8-9,20H,3-5,7,10-15H2,1-2H3. The van der Waals surface area contributed by atoms with Gasteiger partial charge >= 0.3 is 0 Å². The van der Waals surface area contributed by atoms with Crippen LogP contribution in [-0.4, -0.2) is 30.1 Å². The van der Waals surface area contributed by atoms with Crippen molar-refractivity contribution < 1.29 is 0 Å². The molecule has 2 fully saturated rings. The van der Waals surface area contributed by atoms with Crippen molar-refractivity contribution in [1.82, 2.24) is 10.2 Å². The molecule has 116 valence electrons. The molecule has 1 aliphatic carbocycles. The second-order valence-corrected chi connectivity index (χ2v) is 7.20. The number of nitrogens with zero attached hydrogens (tertiary/aromatic N) is 1. The van der Waals surface area contributed by atoms with E-state index in [1.165, 1.54) is 69.3 Å². The Bertz CT molecular complexity index is 454. The van der Waals surface area contributed by atoms with Gasteiger partial charge in [-0.3, -0.25) is 4.90 Å². The highest BCUT2D eigenvalue weighted by molar-refractivity contribution is 5.33. The molecule has 0 atom stereocenters. The fraction of sp³-hybridized carbons (Fsp3) is 0.684. The molecule has 1 aromatic rings. The molecule has 1 aromatic carbocycles. The summed E-state index contributed by atoms with van der Waals surface area (Å²) in [5.74, 6) is 0. The van der Waals surface area contributed by atoms with Crippen LogP contribution in [0.1, 0.15) is 55.2 Å². The monoisotopic (exact) mass is 286 g/mol. The number of aryl methyl sites for hydroxylation is 2. The molecule has 0 unspecified atom stereocenters. The summed E-state index contributed by atoms with van der Waals surface area (Å²) in [4.78, 5) is 2.71. The van der Waals surface area contributed by atoms with Crippen LogP contribution >= 0.6 is 0 Å². The van der Waals surface area contributed by atoms with Crippen LogP contribution in [0.25, 0.3) is 0 Å². The molecule has 2 nitrogen and oxygen atoms in total. The smallest absolute Gasteiger partial charge is 0.0308 e. The first-order valence-electron chi connectivity index (χ1n) is 8.71. The minimum atomic E-state index is 0.408. The highest BCUT2D eigenvalue weighted by atomic mass is 15.2. The molecule has 1 saturated carbocycles. The van der Waals surface area contributed by atoms with Gasteiger partial charge in [-0.25, -0.2) is 0 Å². The van der Waals surface area contributed by atoms with Crippen LogP contribution in [0, 0.1) is 13.8 Å². The molecule has 1 aliphatic heterocycles. The predicted molar refractivity (Wildman–Crippen MR) is 89.6 cm³/mol. The van der Waals surface area contributed by atoms with Gasteiger partial charge in [-0.1, -0.05) is 37.5 Å². The highest BCUT2D eigenvalue weighted by Crippen LogP contribution is 2.31. The van der Waals surface area contributed by atoms with E-state index < -0.39 is 0 Å². The van der Waals surface area contributed by atoms with E-state index in [2.05, 4.69) is 42.3 Å². The van der Waals surface area contributed by atoms with E-state index in [4.69, 9.17) is 0 Å². The van der Waals surface area contributed by atoms with E-state index in [-0.39, 0.29) is 0 Å². The minimum Gasteiger partial charge on any atom is -0.310 e. The third-order valence-corrected chi connectivity index (χ3v) is 5.51. The predicted octanol–water partition coefficient (Wildman–Crippen LogP) is 3.80. The normalized spacial score (nSPS) is 23.1. The number of hydrogen-bond donors (Lipinski definition) is 1. The number of benzene rings is 1. The number of nitrogens with one attached hydrogen (secondary N) is 1. The van der Waals surface area contributed by atoms with Gasteiger partial charge in [-0.15, -0.1) is 0 Å². The Hall–Kier alpha value is -0.860. The van der Waals surface area contributed by atoms with Gasteiger partial charge in [0.25, 0.3) is 0 Å². The van der Waals surface area contributed by atoms with E-state index >= 15 is 0 Å². The van der Waals surface area contributed by atoms with Crippen molar-refractivity contribution in [3.63, 3.8) is 0 Å². The molecular weight excluding hydrogens is 256 g/mol. The summed E-state index contributed by atoms with van der Waals surface area (Å²) in [5, 5.41) is 3.90. The molecule has 1 saturated heterocycles. The van der Waals surface area contributed by atoms with Gasteiger partial charge in [0.2, 0.25) is 0 Å². The van der Waals surface area contributed by atoms with E-state index in [9.17, 15) is 0 Å². The Balaban J connectivity index is 1.75. The molecule has 21 heavy (non-hydrogen) atoms. The average Bonchev–Trinajstić information content (AvgIpc) is 2.66. The van der Waals surface area contributed by atoms with Crippen molar-refractivity contribution >= 4 is 0 Å². The summed E-state index contributed by atoms with van der Waals surface area (Å²) in [6.07, 6.45) is 8.27. The summed E-state index contributed by atoms with van der Waals surface area (Å²) in [6, 6.07) is 6.70. The molecule has 0 radical (unpaired) electrons. The van der Waals surface area contributed by atoms with Gasteiger partial charge < -0.3 is 5.32 Å². The van der Waals surface area contributed by atoms with E-state index in [1.807, 2.05) is 0 Å². The lowest BCUT2D eigenvalue weighted by molar-refractivity contribution is 0.159. The van der Waals surface area contributed by atoms with Crippen molar-refractivity contribution in [3.8, 4) is 0 Å². The zero-order valence-electron chi connectivity index (χ0n) is 13.8. The fourth-order valence-corrected chi connectivity index (χ4v) is 4.24. The van der Waals surface area contributed by atoms with Crippen LogP contribution in [0.2, 0.25) is 0 Å². The summed E-state index contributed by atoms with van der Waals surface area (Å²) in [5.41, 5.74) is 4.85. The van der Waals surface area contributed by atoms with Crippen LogP contribution in [0.4, 0.5) is 0 Å². The Labute approximate surface area is 129 Å². The zero-order valence-corrected chi connectivity index (χ0v) is 13.8. The average molecular weight is 286 g/mol. The second-order valence-electron chi connectivity index (χ2n) is 7.20. The molecule has 3 rings (SSSR count). The van der Waals surface area contributed by atoms with Gasteiger partial charge in [0, 0.05) is 18.6 Å². The maximum atomic E-state index is 3.90. The van der Waals surface area contributed by atoms with Gasteiger partial charge in [0.1, 0.15) is 0 Å². The van der Waals surface area contributed by atoms with Gasteiger partial charge in [-0.05, 0) is 62.9 Å². The largest absolute Gasteiger partial charge is 0.310 e. The first-order valence-corrected chi connectivity index (χ1v) is 8.71. The molecule has 0 amide bonds. The lowest BCUT2D eigenvalue weighted by atomic mass is 9.81. The van der Waals surface area contributed by atoms with E-state index in [0.29, 0.717) is 5.54 Å². The van der Waals surface area contributed by atoms with Gasteiger partial charge in [0.15, 0.2) is 0 Å². The van der Waals surface area contributed by atoms with Crippen LogP contribution < -0.4 is 5.32 Å². The van der Waals surface area contributed by atoms with Crippen LogP contribution in [0.15, 0.2) is 18.2 Å². The topological polar surface area (TPSA) is 15.3 Å². The molecule has 1 heterocycles. The van der Waals surface area contributed by atoms with Crippen molar-refractivity contribution in [3.05, 3.63) is 34.9 Å². The summed E-state index contributed by atoms with van der Waals surface area (Å²) in [6.45, 7) is 9.32. The minimum absolute atomic E-state index is 0.408. The van der Waals surface area contributed by atoms with Crippen molar-refractivity contribution in [1.29, 1.82) is 0 Å². The molecule has 2 aliphatic rings. The summed E-state index contributed by atoms with van der Waals surface area (Å²) >= 11 is 0. The molecule has 0 aromatic heterocycles. The maximum absolute atomic E-state index is 3.90. The molecule has 0 bridgehead atoms. The number of hydrogen-bond acceptors (Lipinski definition) is 2. The van der Waals surface area contributed by atoms with Gasteiger partial charge in [-0.2, -0.15) is 0 Å². The quantitative estimate of drug-likeness (QED) is 0.889. The lowest BCUT2D eigenvalue weighted by Gasteiger charge is -2.40. The first kappa shape index (κ1) is 15.1. The zero-order chi connectivity index (χ0) is 14.7. The molecule has 1 N–H and O–H groups in total. The summed E-state index contributed by atoms with van der Waals surface area (Å²) < 4.78 is 0. The van der Waals surface area contributed by atoms with Gasteiger partial charge in [0.05, 0.1) is 0 Å². The Morgan fingerprint density at radius 3 is 2.48 bits per heavy atom. The van der Waals surface area contributed by atoms with Crippen LogP contribution in [0.5, 0.6) is 0 Å². The number of rotatable bonds is 2. The lowest BCUT2D eigenvalue weighted by Crippen LogP contribution is -2.52. The Morgan fingerprint density at radius 1 is 1.05 bits per heavy atom. The third-order valence-electron chi connectivity index (χ3n) is 5.51. The molecule has 1 spiro atoms. The van der Waals surface area contributed by atoms with E-state index in [0.717, 1.165) is 6.54 Å². The van der Waals surface area contributed by atoms with Crippen molar-refractivity contribution in [2.45, 2.75) is 64.5 Å². The fourth-order valence-electron chi connectivity index (χ4n) is 4.24. The second kappa shape index (κ2) is 6.50. The van der Waals surface area contributed by atoms with Crippen molar-refractivity contribution in [2.24, 2.45) is 0 Å². The SMILES string of the molecule is Cc1cccc(C)c1CN1CCCNC2(CCCCC2)C1. The Kier molecular flexibility index (Phi) is 4.66.